The Hall–Kier alpha value is -4.09. The Kier molecular flexibility index (Phi) is 5.58. The number of fused-ring (bicyclic) bond motifs is 6. The van der Waals surface area contributed by atoms with Gasteiger partial charge in [-0.25, -0.2) is 9.29 Å². The quantitative estimate of drug-likeness (QED) is 0.465. The zero-order valence-electron chi connectivity index (χ0n) is 20.9. The van der Waals surface area contributed by atoms with Gasteiger partial charge in [0.2, 0.25) is 17.7 Å². The molecule has 2 bridgehead atoms. The van der Waals surface area contributed by atoms with Gasteiger partial charge in [0.15, 0.2) is 0 Å². The molecule has 8 heteroatoms. The van der Waals surface area contributed by atoms with E-state index in [4.69, 9.17) is 4.74 Å². The van der Waals surface area contributed by atoms with E-state index in [1.165, 1.54) is 29.2 Å². The van der Waals surface area contributed by atoms with Gasteiger partial charge in [-0.15, -0.1) is 0 Å². The summed E-state index contributed by atoms with van der Waals surface area (Å²) < 4.78 is 19.6. The van der Waals surface area contributed by atoms with Crippen molar-refractivity contribution < 1.29 is 23.5 Å². The Morgan fingerprint density at radius 3 is 2.50 bits per heavy atom. The van der Waals surface area contributed by atoms with Gasteiger partial charge in [-0.3, -0.25) is 14.4 Å². The predicted octanol–water partition coefficient (Wildman–Crippen LogP) is 5.09. The number of nitriles is 1. The molecule has 3 aliphatic rings. The molecule has 0 aromatic heterocycles. The summed E-state index contributed by atoms with van der Waals surface area (Å²) in [5.41, 5.74) is -0.0676. The van der Waals surface area contributed by atoms with E-state index in [1.807, 2.05) is 31.2 Å². The third-order valence-corrected chi connectivity index (χ3v) is 8.41. The number of nitrogens with one attached hydrogen (secondary N) is 1. The molecule has 3 aliphatic heterocycles. The zero-order chi connectivity index (χ0) is 26.7. The third kappa shape index (κ3) is 3.61. The third-order valence-electron chi connectivity index (χ3n) is 8.41. The summed E-state index contributed by atoms with van der Waals surface area (Å²) in [5, 5.41) is 13.7. The van der Waals surface area contributed by atoms with Crippen LogP contribution in [0.25, 0.3) is 10.8 Å². The number of hydrogen-bond acceptors (Lipinski definition) is 5. The molecule has 0 aliphatic carbocycles. The van der Waals surface area contributed by atoms with E-state index in [-0.39, 0.29) is 30.0 Å². The van der Waals surface area contributed by atoms with Crippen LogP contribution in [0.4, 0.5) is 15.8 Å². The molecule has 4 atom stereocenters. The van der Waals surface area contributed by atoms with Gasteiger partial charge >= 0.3 is 0 Å². The fraction of sp³-hybridized carbons (Fsp3) is 0.333. The highest BCUT2D eigenvalue weighted by Gasteiger charge is 2.73. The molecule has 1 N–H and O–H groups in total. The first-order valence-corrected chi connectivity index (χ1v) is 12.8. The van der Waals surface area contributed by atoms with Crippen molar-refractivity contribution in [2.45, 2.75) is 50.2 Å². The van der Waals surface area contributed by atoms with E-state index in [0.29, 0.717) is 53.4 Å². The number of rotatable bonds is 6. The van der Waals surface area contributed by atoms with Gasteiger partial charge in [-0.2, -0.15) is 5.26 Å². The summed E-state index contributed by atoms with van der Waals surface area (Å²) in [6.45, 7) is 1.91. The van der Waals surface area contributed by atoms with Crippen LogP contribution in [0.15, 0.2) is 60.7 Å². The van der Waals surface area contributed by atoms with Crippen molar-refractivity contribution in [3.8, 4) is 6.07 Å². The van der Waals surface area contributed by atoms with Gasteiger partial charge in [0.25, 0.3) is 0 Å². The maximum Gasteiger partial charge on any atom is 0.240 e. The molecule has 6 rings (SSSR count). The van der Waals surface area contributed by atoms with Crippen LogP contribution in [-0.2, 0) is 19.1 Å². The molecule has 38 heavy (non-hydrogen) atoms. The molecule has 0 spiro atoms. The number of hydrogen-bond donors (Lipinski definition) is 1. The van der Waals surface area contributed by atoms with Gasteiger partial charge in [0.05, 0.1) is 40.4 Å². The van der Waals surface area contributed by atoms with E-state index in [0.717, 1.165) is 0 Å². The summed E-state index contributed by atoms with van der Waals surface area (Å²) in [4.78, 5) is 41.6. The molecule has 3 amide bonds. The molecule has 192 valence electrons. The van der Waals surface area contributed by atoms with Crippen molar-refractivity contribution in [2.75, 3.05) is 10.2 Å². The molecular formula is C30H26FN3O4. The minimum absolute atomic E-state index is 0.206. The highest BCUT2D eigenvalue weighted by atomic mass is 19.1. The van der Waals surface area contributed by atoms with Crippen molar-refractivity contribution in [3.05, 3.63) is 72.0 Å². The van der Waals surface area contributed by atoms with Crippen LogP contribution in [0.5, 0.6) is 0 Å². The molecule has 3 fully saturated rings. The highest BCUT2D eigenvalue weighted by molar-refractivity contribution is 6.26. The lowest BCUT2D eigenvalue weighted by Gasteiger charge is -2.31. The minimum atomic E-state index is -0.806. The Labute approximate surface area is 219 Å². The summed E-state index contributed by atoms with van der Waals surface area (Å²) in [7, 11) is 0. The Bertz CT molecular complexity index is 1530. The SMILES string of the molecule is CC12CCC(CCCC(=O)Nc3ccc(F)cc3)(O1)[C@@H]1C(=O)N(c3ccc(C#N)c4ccccc34)C(=O)[C@@H]12. The number of imide groups is 1. The molecule has 3 aromatic carbocycles. The number of benzene rings is 3. The summed E-state index contributed by atoms with van der Waals surface area (Å²) in [5.74, 6) is -2.35. The van der Waals surface area contributed by atoms with Gasteiger partial charge in [0.1, 0.15) is 5.82 Å². The minimum Gasteiger partial charge on any atom is -0.367 e. The molecule has 3 aromatic rings. The molecular weight excluding hydrogens is 485 g/mol. The molecule has 3 heterocycles. The first kappa shape index (κ1) is 24.3. The van der Waals surface area contributed by atoms with Crippen molar-refractivity contribution in [2.24, 2.45) is 11.8 Å². The summed E-state index contributed by atoms with van der Waals surface area (Å²) in [6.07, 6.45) is 2.47. The average molecular weight is 512 g/mol. The number of halogens is 1. The van der Waals surface area contributed by atoms with Crippen molar-refractivity contribution in [3.63, 3.8) is 0 Å². The molecule has 3 saturated heterocycles. The Morgan fingerprint density at radius 1 is 1.05 bits per heavy atom. The van der Waals surface area contributed by atoms with Crippen LogP contribution in [0.2, 0.25) is 0 Å². The maximum absolute atomic E-state index is 13.9. The van der Waals surface area contributed by atoms with Crippen LogP contribution >= 0.6 is 0 Å². The number of nitrogens with zero attached hydrogens (tertiary/aromatic N) is 2. The van der Waals surface area contributed by atoms with E-state index in [1.54, 1.807) is 12.1 Å². The summed E-state index contributed by atoms with van der Waals surface area (Å²) >= 11 is 0. The number of carbonyl (C=O) groups is 3. The predicted molar refractivity (Wildman–Crippen MR) is 138 cm³/mol. The molecule has 0 saturated carbocycles. The Morgan fingerprint density at radius 2 is 1.76 bits per heavy atom. The number of carbonyl (C=O) groups excluding carboxylic acids is 3. The van der Waals surface area contributed by atoms with Crippen LogP contribution in [0.1, 0.15) is 44.6 Å². The lowest BCUT2D eigenvalue weighted by atomic mass is 9.67. The number of anilines is 2. The average Bonchev–Trinajstić information content (AvgIpc) is 3.49. The van der Waals surface area contributed by atoms with Crippen LogP contribution in [0, 0.1) is 29.0 Å². The monoisotopic (exact) mass is 511 g/mol. The van der Waals surface area contributed by atoms with E-state index in [2.05, 4.69) is 11.4 Å². The second-order valence-corrected chi connectivity index (χ2v) is 10.6. The summed E-state index contributed by atoms with van der Waals surface area (Å²) in [6, 6.07) is 18.4. The van der Waals surface area contributed by atoms with Gasteiger partial charge in [-0.1, -0.05) is 24.3 Å². The van der Waals surface area contributed by atoms with E-state index in [9.17, 15) is 24.0 Å². The lowest BCUT2D eigenvalue weighted by Crippen LogP contribution is -2.42. The highest BCUT2D eigenvalue weighted by Crippen LogP contribution is 2.62. The fourth-order valence-electron chi connectivity index (χ4n) is 6.73. The van der Waals surface area contributed by atoms with Crippen LogP contribution in [-0.4, -0.2) is 28.9 Å². The largest absolute Gasteiger partial charge is 0.367 e. The van der Waals surface area contributed by atoms with Crippen LogP contribution in [0.3, 0.4) is 0 Å². The molecule has 2 unspecified atom stereocenters. The smallest absolute Gasteiger partial charge is 0.240 e. The second-order valence-electron chi connectivity index (χ2n) is 10.6. The van der Waals surface area contributed by atoms with Crippen molar-refractivity contribution >= 4 is 39.9 Å². The van der Waals surface area contributed by atoms with Gasteiger partial charge in [0, 0.05) is 22.9 Å². The number of ether oxygens (including phenoxy) is 1. The first-order chi connectivity index (χ1) is 18.3. The van der Waals surface area contributed by atoms with Gasteiger partial charge < -0.3 is 10.1 Å². The van der Waals surface area contributed by atoms with E-state index < -0.39 is 23.0 Å². The van der Waals surface area contributed by atoms with E-state index >= 15 is 0 Å². The standard InChI is InChI=1S/C30H26FN3O4/c1-29-15-16-30(38-29,14-4-7-24(35)33-20-11-9-19(31)10-12-20)26-25(29)27(36)34(28(26)37)23-13-8-18(17-32)21-5-2-3-6-22(21)23/h2-3,5-6,8-13,25-26H,4,7,14-16H2,1H3,(H,33,35)/t25-,26+,29?,30?/m1/s1. The van der Waals surface area contributed by atoms with Gasteiger partial charge in [-0.05, 0) is 69.0 Å². The van der Waals surface area contributed by atoms with Crippen LogP contribution < -0.4 is 10.2 Å². The van der Waals surface area contributed by atoms with Crippen molar-refractivity contribution in [1.29, 1.82) is 5.26 Å². The van der Waals surface area contributed by atoms with Crippen molar-refractivity contribution in [1.82, 2.24) is 0 Å². The molecule has 7 nitrogen and oxygen atoms in total. The number of amides is 3. The second kappa shape index (κ2) is 8.74. The first-order valence-electron chi connectivity index (χ1n) is 12.8. The normalized spacial score (nSPS) is 27.6. The Balaban J connectivity index is 1.24. The topological polar surface area (TPSA) is 99.5 Å². The molecule has 0 radical (unpaired) electrons. The lowest BCUT2D eigenvalue weighted by molar-refractivity contribution is -0.130. The maximum atomic E-state index is 13.9. The fourth-order valence-corrected chi connectivity index (χ4v) is 6.73. The zero-order valence-corrected chi connectivity index (χ0v) is 20.9.